The van der Waals surface area contributed by atoms with Crippen molar-refractivity contribution >= 4 is 40.1 Å². The largest absolute Gasteiger partial charge is 0.480 e. The summed E-state index contributed by atoms with van der Waals surface area (Å²) >= 11 is 0. The Morgan fingerprint density at radius 2 is 1.89 bits per heavy atom. The van der Waals surface area contributed by atoms with E-state index in [4.69, 9.17) is 0 Å². The van der Waals surface area contributed by atoms with Crippen LogP contribution in [0.15, 0.2) is 42.9 Å². The SMILES string of the molecule is CCC(C(=O)O)N1CCC(NC(=O)c2cnc(Nc3ccc4cnccc4n3)cc2NC2CC2)CC1. The monoisotopic (exact) mass is 489 g/mol. The van der Waals surface area contributed by atoms with Crippen molar-refractivity contribution in [1.29, 1.82) is 0 Å². The predicted octanol–water partition coefficient (Wildman–Crippen LogP) is 3.40. The molecule has 1 saturated carbocycles. The van der Waals surface area contributed by atoms with Gasteiger partial charge in [-0.05, 0) is 50.3 Å². The molecule has 1 aliphatic carbocycles. The molecule has 0 bridgehead atoms. The summed E-state index contributed by atoms with van der Waals surface area (Å²) in [4.78, 5) is 39.9. The first kappa shape index (κ1) is 23.9. The van der Waals surface area contributed by atoms with Crippen LogP contribution in [-0.2, 0) is 4.79 Å². The summed E-state index contributed by atoms with van der Waals surface area (Å²) in [6.45, 7) is 3.19. The van der Waals surface area contributed by atoms with Crippen molar-refractivity contribution in [3.8, 4) is 0 Å². The molecular weight excluding hydrogens is 458 g/mol. The molecule has 4 N–H and O–H groups in total. The van der Waals surface area contributed by atoms with Gasteiger partial charge in [-0.3, -0.25) is 19.5 Å². The summed E-state index contributed by atoms with van der Waals surface area (Å²) < 4.78 is 0. The lowest BCUT2D eigenvalue weighted by Gasteiger charge is -2.35. The van der Waals surface area contributed by atoms with Crippen molar-refractivity contribution in [1.82, 2.24) is 25.2 Å². The Morgan fingerprint density at radius 1 is 1.08 bits per heavy atom. The molecular formula is C26H31N7O3. The number of hydrogen-bond donors (Lipinski definition) is 4. The maximum absolute atomic E-state index is 13.2. The van der Waals surface area contributed by atoms with Crippen molar-refractivity contribution in [3.63, 3.8) is 0 Å². The van der Waals surface area contributed by atoms with Gasteiger partial charge in [0.2, 0.25) is 0 Å². The predicted molar refractivity (Wildman–Crippen MR) is 137 cm³/mol. The topological polar surface area (TPSA) is 132 Å². The fourth-order valence-corrected chi connectivity index (χ4v) is 4.65. The first-order valence-corrected chi connectivity index (χ1v) is 12.5. The van der Waals surface area contributed by atoms with Crippen LogP contribution in [0.3, 0.4) is 0 Å². The average Bonchev–Trinajstić information content (AvgIpc) is 3.69. The summed E-state index contributed by atoms with van der Waals surface area (Å²) in [5, 5.41) is 20.2. The second-order valence-corrected chi connectivity index (χ2v) is 9.47. The molecule has 188 valence electrons. The van der Waals surface area contributed by atoms with Gasteiger partial charge in [0.05, 0.1) is 16.8 Å². The molecule has 0 radical (unpaired) electrons. The summed E-state index contributed by atoms with van der Waals surface area (Å²) in [5.74, 6) is 0.307. The molecule has 2 fully saturated rings. The van der Waals surface area contributed by atoms with Crippen LogP contribution in [0.25, 0.3) is 10.9 Å². The number of rotatable bonds is 9. The van der Waals surface area contributed by atoms with E-state index >= 15 is 0 Å². The lowest BCUT2D eigenvalue weighted by Crippen LogP contribution is -2.50. The number of pyridine rings is 3. The van der Waals surface area contributed by atoms with Crippen molar-refractivity contribution < 1.29 is 14.7 Å². The third-order valence-electron chi connectivity index (χ3n) is 6.81. The van der Waals surface area contributed by atoms with Crippen LogP contribution in [0.2, 0.25) is 0 Å². The van der Waals surface area contributed by atoms with E-state index in [-0.39, 0.29) is 11.9 Å². The Labute approximate surface area is 209 Å². The number of nitrogens with one attached hydrogen (secondary N) is 3. The van der Waals surface area contributed by atoms with Crippen LogP contribution >= 0.6 is 0 Å². The molecule has 1 saturated heterocycles. The first-order valence-electron chi connectivity index (χ1n) is 12.5. The molecule has 4 heterocycles. The molecule has 1 unspecified atom stereocenters. The third-order valence-corrected chi connectivity index (χ3v) is 6.81. The summed E-state index contributed by atoms with van der Waals surface area (Å²) in [5.41, 5.74) is 2.08. The van der Waals surface area contributed by atoms with E-state index in [0.717, 1.165) is 42.3 Å². The fourth-order valence-electron chi connectivity index (χ4n) is 4.65. The minimum Gasteiger partial charge on any atom is -0.480 e. The number of likely N-dealkylation sites (tertiary alicyclic amines) is 1. The number of piperidine rings is 1. The van der Waals surface area contributed by atoms with E-state index in [1.165, 1.54) is 0 Å². The number of hydrogen-bond acceptors (Lipinski definition) is 8. The van der Waals surface area contributed by atoms with E-state index in [1.807, 2.05) is 36.1 Å². The van der Waals surface area contributed by atoms with Gasteiger partial charge in [-0.25, -0.2) is 9.97 Å². The van der Waals surface area contributed by atoms with Crippen LogP contribution in [0.5, 0.6) is 0 Å². The standard InChI is InChI=1S/C26H31N7O3/c1-2-22(26(35)36)33-11-8-18(9-12-33)30-25(34)19-15-28-24(13-21(19)29-17-4-5-17)32-23-6-3-16-14-27-10-7-20(16)31-23/h3,6-7,10,13-15,17-18,22H,2,4-5,8-9,11-12H2,1H3,(H,30,34)(H,35,36)(H2,28,29,31,32). The maximum atomic E-state index is 13.2. The highest BCUT2D eigenvalue weighted by molar-refractivity contribution is 6.00. The number of carboxylic acid groups (broad SMARTS) is 1. The van der Waals surface area contributed by atoms with Gasteiger partial charge in [0.15, 0.2) is 0 Å². The molecule has 2 aliphatic rings. The number of carbonyl (C=O) groups is 2. The van der Waals surface area contributed by atoms with Gasteiger partial charge in [0.25, 0.3) is 5.91 Å². The molecule has 3 aromatic heterocycles. The van der Waals surface area contributed by atoms with E-state index in [0.29, 0.717) is 42.8 Å². The quantitative estimate of drug-likeness (QED) is 0.357. The zero-order valence-electron chi connectivity index (χ0n) is 20.3. The number of anilines is 3. The smallest absolute Gasteiger partial charge is 0.320 e. The molecule has 36 heavy (non-hydrogen) atoms. The van der Waals surface area contributed by atoms with Crippen LogP contribution in [0, 0.1) is 0 Å². The fraction of sp³-hybridized carbons (Fsp3) is 0.423. The molecule has 10 nitrogen and oxygen atoms in total. The molecule has 3 aromatic rings. The highest BCUT2D eigenvalue weighted by Gasteiger charge is 2.30. The van der Waals surface area contributed by atoms with Gasteiger partial charge in [-0.2, -0.15) is 0 Å². The normalized spacial score (nSPS) is 17.5. The van der Waals surface area contributed by atoms with Gasteiger partial charge >= 0.3 is 5.97 Å². The Bertz CT molecular complexity index is 1260. The Morgan fingerprint density at radius 3 is 2.61 bits per heavy atom. The van der Waals surface area contributed by atoms with E-state index in [9.17, 15) is 14.7 Å². The van der Waals surface area contributed by atoms with E-state index in [1.54, 1.807) is 18.6 Å². The van der Waals surface area contributed by atoms with Crippen molar-refractivity contribution in [2.75, 3.05) is 23.7 Å². The number of amides is 1. The van der Waals surface area contributed by atoms with Gasteiger partial charge in [-0.15, -0.1) is 0 Å². The lowest BCUT2D eigenvalue weighted by atomic mass is 10.0. The van der Waals surface area contributed by atoms with Crippen LogP contribution in [0.4, 0.5) is 17.3 Å². The van der Waals surface area contributed by atoms with Crippen LogP contribution in [-0.4, -0.2) is 68.0 Å². The summed E-state index contributed by atoms with van der Waals surface area (Å²) in [7, 11) is 0. The first-order chi connectivity index (χ1) is 17.5. The van der Waals surface area contributed by atoms with E-state index in [2.05, 4.69) is 30.9 Å². The zero-order chi connectivity index (χ0) is 25.1. The molecule has 1 amide bonds. The Hall–Kier alpha value is -3.79. The number of aliphatic carboxylic acids is 1. The van der Waals surface area contributed by atoms with Crippen molar-refractivity contribution in [3.05, 3.63) is 48.4 Å². The van der Waals surface area contributed by atoms with Gasteiger partial charge in [0, 0.05) is 55.2 Å². The number of nitrogens with zero attached hydrogens (tertiary/aromatic N) is 4. The second-order valence-electron chi connectivity index (χ2n) is 9.47. The van der Waals surface area contributed by atoms with Gasteiger partial charge in [0.1, 0.15) is 17.7 Å². The third kappa shape index (κ3) is 5.54. The molecule has 0 spiro atoms. The van der Waals surface area contributed by atoms with Crippen LogP contribution < -0.4 is 16.0 Å². The zero-order valence-corrected chi connectivity index (χ0v) is 20.3. The van der Waals surface area contributed by atoms with E-state index < -0.39 is 12.0 Å². The number of fused-ring (bicyclic) bond motifs is 1. The van der Waals surface area contributed by atoms with Gasteiger partial charge in [-0.1, -0.05) is 6.92 Å². The Kier molecular flexibility index (Phi) is 6.95. The molecule has 10 heteroatoms. The average molecular weight is 490 g/mol. The highest BCUT2D eigenvalue weighted by atomic mass is 16.4. The molecule has 1 atom stereocenters. The second kappa shape index (κ2) is 10.4. The lowest BCUT2D eigenvalue weighted by molar-refractivity contribution is -0.144. The van der Waals surface area contributed by atoms with Crippen LogP contribution in [0.1, 0.15) is 49.4 Å². The highest BCUT2D eigenvalue weighted by Crippen LogP contribution is 2.29. The summed E-state index contributed by atoms with van der Waals surface area (Å²) in [6, 6.07) is 7.44. The molecule has 0 aromatic carbocycles. The minimum atomic E-state index is -0.786. The molecule has 5 rings (SSSR count). The number of aromatic nitrogens is 3. The molecule has 1 aliphatic heterocycles. The Balaban J connectivity index is 1.27. The van der Waals surface area contributed by atoms with Gasteiger partial charge < -0.3 is 21.1 Å². The number of carboxylic acids is 1. The van der Waals surface area contributed by atoms with Crippen molar-refractivity contribution in [2.24, 2.45) is 0 Å². The minimum absolute atomic E-state index is 0.00270. The number of carbonyl (C=O) groups excluding carboxylic acids is 1. The van der Waals surface area contributed by atoms with Crippen molar-refractivity contribution in [2.45, 2.75) is 57.2 Å². The maximum Gasteiger partial charge on any atom is 0.320 e. The summed E-state index contributed by atoms with van der Waals surface area (Å²) in [6.07, 6.45) is 9.24.